The van der Waals surface area contributed by atoms with Crippen LogP contribution >= 0.6 is 11.6 Å². The predicted molar refractivity (Wildman–Crippen MR) is 83.1 cm³/mol. The van der Waals surface area contributed by atoms with E-state index < -0.39 is 0 Å². The molecule has 0 atom stereocenters. The van der Waals surface area contributed by atoms with Gasteiger partial charge in [0, 0.05) is 31.6 Å². The molecule has 0 bridgehead atoms. The molecule has 0 saturated carbocycles. The Bertz CT molecular complexity index is 421. The van der Waals surface area contributed by atoms with E-state index in [0.717, 1.165) is 17.1 Å². The van der Waals surface area contributed by atoms with Crippen LogP contribution in [0.1, 0.15) is 25.8 Å². The van der Waals surface area contributed by atoms with E-state index in [-0.39, 0.29) is 5.91 Å². The summed E-state index contributed by atoms with van der Waals surface area (Å²) >= 11 is 6.11. The first-order chi connectivity index (χ1) is 9.54. The van der Waals surface area contributed by atoms with E-state index in [4.69, 9.17) is 16.3 Å². The fourth-order valence-corrected chi connectivity index (χ4v) is 2.29. The number of carbonyl (C=O) groups is 1. The molecule has 1 amide bonds. The van der Waals surface area contributed by atoms with E-state index in [2.05, 4.69) is 13.8 Å². The van der Waals surface area contributed by atoms with Crippen molar-refractivity contribution in [3.05, 3.63) is 34.9 Å². The zero-order chi connectivity index (χ0) is 15.0. The van der Waals surface area contributed by atoms with Gasteiger partial charge in [0.15, 0.2) is 0 Å². The average molecular weight is 298 g/mol. The van der Waals surface area contributed by atoms with E-state index in [9.17, 15) is 4.79 Å². The normalized spacial score (nSPS) is 10.8. The molecule has 0 aliphatic carbocycles. The summed E-state index contributed by atoms with van der Waals surface area (Å²) in [5.74, 6) is 0.617. The Morgan fingerprint density at radius 2 is 2.05 bits per heavy atom. The van der Waals surface area contributed by atoms with Crippen LogP contribution < -0.4 is 0 Å². The van der Waals surface area contributed by atoms with Crippen LogP contribution in [0.5, 0.6) is 0 Å². The van der Waals surface area contributed by atoms with Gasteiger partial charge < -0.3 is 9.64 Å². The number of methoxy groups -OCH3 is 1. The first-order valence-electron chi connectivity index (χ1n) is 7.04. The molecular weight excluding hydrogens is 274 g/mol. The molecule has 0 unspecified atom stereocenters. The molecule has 1 rings (SSSR count). The van der Waals surface area contributed by atoms with Crippen molar-refractivity contribution in [3.8, 4) is 0 Å². The maximum Gasteiger partial charge on any atom is 0.222 e. The molecule has 0 radical (unpaired) electrons. The lowest BCUT2D eigenvalue weighted by atomic mass is 10.1. The van der Waals surface area contributed by atoms with Crippen molar-refractivity contribution >= 4 is 17.5 Å². The van der Waals surface area contributed by atoms with Gasteiger partial charge in [0.2, 0.25) is 5.91 Å². The minimum absolute atomic E-state index is 0.163. The summed E-state index contributed by atoms with van der Waals surface area (Å²) in [5, 5.41) is 0.729. The molecule has 0 aliphatic heterocycles. The van der Waals surface area contributed by atoms with Crippen LogP contribution in [0.15, 0.2) is 24.3 Å². The van der Waals surface area contributed by atoms with Gasteiger partial charge in [-0.1, -0.05) is 43.6 Å². The quantitative estimate of drug-likeness (QED) is 0.736. The molecule has 1 aromatic rings. The smallest absolute Gasteiger partial charge is 0.222 e. The number of carbonyl (C=O) groups excluding carboxylic acids is 1. The molecule has 0 N–H and O–H groups in total. The first kappa shape index (κ1) is 17.0. The largest absolute Gasteiger partial charge is 0.383 e. The molecule has 0 aromatic heterocycles. The van der Waals surface area contributed by atoms with Crippen LogP contribution in [0.2, 0.25) is 5.02 Å². The Morgan fingerprint density at radius 3 is 2.65 bits per heavy atom. The van der Waals surface area contributed by atoms with Gasteiger partial charge in [-0.25, -0.2) is 0 Å². The van der Waals surface area contributed by atoms with Crippen molar-refractivity contribution < 1.29 is 9.53 Å². The second-order valence-electron chi connectivity index (χ2n) is 5.32. The molecular formula is C16H24ClNO2. The summed E-state index contributed by atoms with van der Waals surface area (Å²) in [6.45, 7) is 6.22. The number of rotatable bonds is 8. The third-order valence-electron chi connectivity index (χ3n) is 3.07. The molecule has 20 heavy (non-hydrogen) atoms. The van der Waals surface area contributed by atoms with Crippen LogP contribution in [0.4, 0.5) is 0 Å². The highest BCUT2D eigenvalue weighted by Crippen LogP contribution is 2.17. The molecule has 0 heterocycles. The average Bonchev–Trinajstić information content (AvgIpc) is 2.41. The lowest BCUT2D eigenvalue weighted by molar-refractivity contribution is -0.132. The summed E-state index contributed by atoms with van der Waals surface area (Å²) in [6, 6.07) is 7.68. The van der Waals surface area contributed by atoms with Gasteiger partial charge in [0.25, 0.3) is 0 Å². The van der Waals surface area contributed by atoms with Crippen LogP contribution in [0.3, 0.4) is 0 Å². The number of halogens is 1. The van der Waals surface area contributed by atoms with Gasteiger partial charge in [-0.2, -0.15) is 0 Å². The minimum atomic E-state index is 0.163. The fraction of sp³-hybridized carbons (Fsp3) is 0.562. The van der Waals surface area contributed by atoms with Gasteiger partial charge in [0.1, 0.15) is 0 Å². The molecule has 3 nitrogen and oxygen atoms in total. The Hall–Kier alpha value is -1.06. The van der Waals surface area contributed by atoms with Crippen molar-refractivity contribution in [1.82, 2.24) is 4.90 Å². The van der Waals surface area contributed by atoms with Crippen LogP contribution in [0.25, 0.3) is 0 Å². The maximum atomic E-state index is 12.3. The van der Waals surface area contributed by atoms with Gasteiger partial charge in [-0.05, 0) is 24.0 Å². The molecule has 1 aromatic carbocycles. The summed E-state index contributed by atoms with van der Waals surface area (Å²) < 4.78 is 5.07. The van der Waals surface area contributed by atoms with E-state index in [1.807, 2.05) is 29.2 Å². The van der Waals surface area contributed by atoms with Gasteiger partial charge in [-0.15, -0.1) is 0 Å². The van der Waals surface area contributed by atoms with Crippen molar-refractivity contribution in [2.45, 2.75) is 26.7 Å². The number of hydrogen-bond acceptors (Lipinski definition) is 2. The number of hydrogen-bond donors (Lipinski definition) is 0. The summed E-state index contributed by atoms with van der Waals surface area (Å²) in [6.07, 6.45) is 1.17. The second kappa shape index (κ2) is 8.98. The number of benzene rings is 1. The third kappa shape index (κ3) is 5.93. The number of aryl methyl sites for hydroxylation is 1. The van der Waals surface area contributed by atoms with Crippen molar-refractivity contribution in [3.63, 3.8) is 0 Å². The van der Waals surface area contributed by atoms with Gasteiger partial charge >= 0.3 is 0 Å². The topological polar surface area (TPSA) is 29.5 Å². The molecule has 112 valence electrons. The molecule has 0 saturated heterocycles. The van der Waals surface area contributed by atoms with Crippen LogP contribution in [-0.2, 0) is 16.0 Å². The van der Waals surface area contributed by atoms with Crippen molar-refractivity contribution in [2.75, 3.05) is 26.8 Å². The maximum absolute atomic E-state index is 12.3. The Morgan fingerprint density at radius 1 is 1.35 bits per heavy atom. The number of nitrogens with zero attached hydrogens (tertiary/aromatic N) is 1. The molecule has 0 fully saturated rings. The van der Waals surface area contributed by atoms with E-state index >= 15 is 0 Å². The highest BCUT2D eigenvalue weighted by molar-refractivity contribution is 6.31. The van der Waals surface area contributed by atoms with E-state index in [0.29, 0.717) is 31.9 Å². The summed E-state index contributed by atoms with van der Waals surface area (Å²) in [7, 11) is 1.65. The zero-order valence-corrected chi connectivity index (χ0v) is 13.3. The van der Waals surface area contributed by atoms with Crippen molar-refractivity contribution in [2.24, 2.45) is 5.92 Å². The summed E-state index contributed by atoms with van der Waals surface area (Å²) in [4.78, 5) is 14.2. The van der Waals surface area contributed by atoms with Crippen LogP contribution in [-0.4, -0.2) is 37.6 Å². The predicted octanol–water partition coefficient (Wildman–Crippen LogP) is 3.40. The lowest BCUT2D eigenvalue weighted by Crippen LogP contribution is -2.36. The minimum Gasteiger partial charge on any atom is -0.383 e. The zero-order valence-electron chi connectivity index (χ0n) is 12.6. The Kier molecular flexibility index (Phi) is 7.63. The fourth-order valence-electron chi connectivity index (χ4n) is 2.06. The third-order valence-corrected chi connectivity index (χ3v) is 3.44. The van der Waals surface area contributed by atoms with Gasteiger partial charge in [-0.3, -0.25) is 4.79 Å². The van der Waals surface area contributed by atoms with Gasteiger partial charge in [0.05, 0.1) is 6.61 Å². The van der Waals surface area contributed by atoms with E-state index in [1.54, 1.807) is 7.11 Å². The highest BCUT2D eigenvalue weighted by atomic mass is 35.5. The Balaban J connectivity index is 2.54. The number of amides is 1. The molecule has 0 aliphatic rings. The van der Waals surface area contributed by atoms with E-state index in [1.165, 1.54) is 0 Å². The first-order valence-corrected chi connectivity index (χ1v) is 7.42. The Labute approximate surface area is 126 Å². The second-order valence-corrected chi connectivity index (χ2v) is 5.73. The number of ether oxygens (including phenoxy) is 1. The molecule has 4 heteroatoms. The van der Waals surface area contributed by atoms with Crippen molar-refractivity contribution in [1.29, 1.82) is 0 Å². The monoisotopic (exact) mass is 297 g/mol. The lowest BCUT2D eigenvalue weighted by Gasteiger charge is -2.24. The standard InChI is InChI=1S/C16H24ClNO2/c1-13(2)12-18(10-11-20-3)16(19)9-8-14-6-4-5-7-15(14)17/h4-7,13H,8-12H2,1-3H3. The highest BCUT2D eigenvalue weighted by Gasteiger charge is 2.15. The SMILES string of the molecule is COCCN(CC(C)C)C(=O)CCc1ccccc1Cl. The summed E-state index contributed by atoms with van der Waals surface area (Å²) in [5.41, 5.74) is 1.03. The van der Waals surface area contributed by atoms with Crippen LogP contribution in [0, 0.1) is 5.92 Å². The molecule has 0 spiro atoms.